The Morgan fingerprint density at radius 3 is 2.03 bits per heavy atom. The predicted molar refractivity (Wildman–Crippen MR) is 122 cm³/mol. The van der Waals surface area contributed by atoms with Gasteiger partial charge in [-0.25, -0.2) is 9.31 Å². The Kier molecular flexibility index (Phi) is 4.91. The van der Waals surface area contributed by atoms with Gasteiger partial charge in [-0.05, 0) is 29.8 Å². The molecule has 2 aromatic heterocycles. The molecule has 31 heavy (non-hydrogen) atoms. The lowest BCUT2D eigenvalue weighted by atomic mass is 10.0. The Morgan fingerprint density at radius 2 is 1.35 bits per heavy atom. The molecule has 3 aromatic carbocycles. The number of amides is 1. The summed E-state index contributed by atoms with van der Waals surface area (Å²) in [5.41, 5.74) is 4.98. The van der Waals surface area contributed by atoms with Crippen LogP contribution in [0.1, 0.15) is 0 Å². The van der Waals surface area contributed by atoms with Crippen LogP contribution in [0.3, 0.4) is 0 Å². The molecule has 0 saturated carbocycles. The predicted octanol–water partition coefficient (Wildman–Crippen LogP) is 6.28. The third-order valence-electron chi connectivity index (χ3n) is 4.98. The molecule has 0 fully saturated rings. The summed E-state index contributed by atoms with van der Waals surface area (Å²) < 4.78 is 7.73. The van der Waals surface area contributed by atoms with Gasteiger partial charge in [0.2, 0.25) is 0 Å². The number of fused-ring (bicyclic) bond motifs is 1. The van der Waals surface area contributed by atoms with Crippen molar-refractivity contribution in [2.45, 2.75) is 0 Å². The molecule has 150 valence electrons. The van der Waals surface area contributed by atoms with Crippen LogP contribution in [0.5, 0.6) is 5.75 Å². The van der Waals surface area contributed by atoms with E-state index in [2.05, 4.69) is 10.4 Å². The number of anilines is 1. The highest BCUT2D eigenvalue weighted by atomic mass is 16.6. The number of hydrogen-bond acceptors (Lipinski definition) is 3. The van der Waals surface area contributed by atoms with E-state index in [9.17, 15) is 4.79 Å². The second-order valence-corrected chi connectivity index (χ2v) is 6.99. The zero-order valence-corrected chi connectivity index (χ0v) is 16.6. The van der Waals surface area contributed by atoms with Crippen LogP contribution in [0.15, 0.2) is 109 Å². The quantitative estimate of drug-likeness (QED) is 0.383. The lowest BCUT2D eigenvalue weighted by Gasteiger charge is -2.10. The van der Waals surface area contributed by atoms with Crippen LogP contribution in [0.25, 0.3) is 27.9 Å². The van der Waals surface area contributed by atoms with Crippen LogP contribution in [0.4, 0.5) is 10.5 Å². The van der Waals surface area contributed by atoms with Crippen molar-refractivity contribution in [3.63, 3.8) is 0 Å². The first-order valence-electron chi connectivity index (χ1n) is 9.96. The van der Waals surface area contributed by atoms with E-state index in [1.165, 1.54) is 0 Å². The summed E-state index contributed by atoms with van der Waals surface area (Å²) in [5.74, 6) is 0.464. The zero-order chi connectivity index (χ0) is 21.0. The van der Waals surface area contributed by atoms with Crippen molar-refractivity contribution in [1.29, 1.82) is 0 Å². The van der Waals surface area contributed by atoms with Gasteiger partial charge in [0.05, 0.1) is 11.3 Å². The van der Waals surface area contributed by atoms with Gasteiger partial charge in [-0.3, -0.25) is 5.32 Å². The molecule has 5 aromatic rings. The Labute approximate surface area is 179 Å². The molecule has 0 bridgehead atoms. The summed E-state index contributed by atoms with van der Waals surface area (Å²) in [6.45, 7) is 0. The minimum atomic E-state index is -0.556. The van der Waals surface area contributed by atoms with Crippen LogP contribution < -0.4 is 10.1 Å². The molecule has 5 heteroatoms. The maximum Gasteiger partial charge on any atom is 0.417 e. The Bertz CT molecular complexity index is 1330. The number of nitrogens with zero attached hydrogens (tertiary/aromatic N) is 2. The van der Waals surface area contributed by atoms with Crippen LogP contribution in [0, 0.1) is 0 Å². The van der Waals surface area contributed by atoms with Gasteiger partial charge < -0.3 is 4.74 Å². The highest BCUT2D eigenvalue weighted by Crippen LogP contribution is 2.44. The summed E-state index contributed by atoms with van der Waals surface area (Å²) >= 11 is 0. The van der Waals surface area contributed by atoms with E-state index in [0.29, 0.717) is 17.0 Å². The Morgan fingerprint density at radius 1 is 0.742 bits per heavy atom. The molecule has 0 atom stereocenters. The molecular formula is C26H19N3O2. The van der Waals surface area contributed by atoms with Gasteiger partial charge in [-0.1, -0.05) is 78.9 Å². The highest BCUT2D eigenvalue weighted by Gasteiger charge is 2.24. The summed E-state index contributed by atoms with van der Waals surface area (Å²) in [7, 11) is 0. The number of rotatable bonds is 4. The second-order valence-electron chi connectivity index (χ2n) is 6.99. The molecule has 5 nitrogen and oxygen atoms in total. The van der Waals surface area contributed by atoms with Crippen molar-refractivity contribution in [3.8, 4) is 28.1 Å². The number of aromatic nitrogens is 2. The van der Waals surface area contributed by atoms with Gasteiger partial charge in [-0.15, -0.1) is 0 Å². The molecule has 0 aliphatic rings. The lowest BCUT2D eigenvalue weighted by Crippen LogP contribution is -2.16. The van der Waals surface area contributed by atoms with Gasteiger partial charge in [0.25, 0.3) is 0 Å². The molecule has 0 aliphatic carbocycles. The van der Waals surface area contributed by atoms with Crippen LogP contribution in [0.2, 0.25) is 0 Å². The standard InChI is InChI=1S/C26H19N3O2/c30-26(28-21-15-8-3-9-16-21)31-25-22-17-10-18-27-29(22)24(20-13-6-2-7-14-20)23(25)19-11-4-1-5-12-19/h1-18H,(H,28,30). The van der Waals surface area contributed by atoms with E-state index in [4.69, 9.17) is 4.74 Å². The van der Waals surface area contributed by atoms with E-state index in [-0.39, 0.29) is 0 Å². The zero-order valence-electron chi connectivity index (χ0n) is 16.6. The van der Waals surface area contributed by atoms with Gasteiger partial charge in [0.1, 0.15) is 5.52 Å². The fraction of sp³-hybridized carbons (Fsp3) is 0. The van der Waals surface area contributed by atoms with Crippen molar-refractivity contribution in [1.82, 2.24) is 9.61 Å². The molecule has 1 N–H and O–H groups in total. The number of hydrogen-bond donors (Lipinski definition) is 1. The van der Waals surface area contributed by atoms with E-state index in [1.807, 2.05) is 108 Å². The minimum absolute atomic E-state index is 0.464. The molecule has 5 rings (SSSR count). The maximum atomic E-state index is 12.8. The van der Waals surface area contributed by atoms with Crippen molar-refractivity contribution >= 4 is 17.3 Å². The highest BCUT2D eigenvalue weighted by molar-refractivity contribution is 5.97. The SMILES string of the molecule is O=C(Nc1ccccc1)Oc1c(-c2ccccc2)c(-c2ccccc2)n2ncccc12. The first kappa shape index (κ1) is 18.6. The minimum Gasteiger partial charge on any atom is -0.407 e. The molecule has 0 unspecified atom stereocenters. The lowest BCUT2D eigenvalue weighted by molar-refractivity contribution is 0.216. The van der Waals surface area contributed by atoms with Gasteiger partial charge in [0, 0.05) is 17.4 Å². The van der Waals surface area contributed by atoms with Crippen molar-refractivity contribution in [2.75, 3.05) is 5.32 Å². The summed E-state index contributed by atoms with van der Waals surface area (Å²) in [5, 5.41) is 7.35. The van der Waals surface area contributed by atoms with Crippen molar-refractivity contribution in [2.24, 2.45) is 0 Å². The molecular weight excluding hydrogens is 386 g/mol. The smallest absolute Gasteiger partial charge is 0.407 e. The molecule has 0 spiro atoms. The Hall–Kier alpha value is -4.38. The number of benzene rings is 3. The summed E-state index contributed by atoms with van der Waals surface area (Å²) in [6, 6.07) is 32.9. The normalized spacial score (nSPS) is 10.7. The molecule has 1 amide bonds. The third kappa shape index (κ3) is 3.65. The van der Waals surface area contributed by atoms with E-state index >= 15 is 0 Å². The average molecular weight is 405 g/mol. The van der Waals surface area contributed by atoms with E-state index in [1.54, 1.807) is 6.20 Å². The number of para-hydroxylation sites is 1. The van der Waals surface area contributed by atoms with Gasteiger partial charge >= 0.3 is 6.09 Å². The first-order chi connectivity index (χ1) is 15.3. The van der Waals surface area contributed by atoms with Crippen LogP contribution in [-0.4, -0.2) is 15.7 Å². The number of ether oxygens (including phenoxy) is 1. The first-order valence-corrected chi connectivity index (χ1v) is 9.96. The van der Waals surface area contributed by atoms with E-state index < -0.39 is 6.09 Å². The monoisotopic (exact) mass is 405 g/mol. The molecule has 0 saturated heterocycles. The van der Waals surface area contributed by atoms with E-state index in [0.717, 1.165) is 22.4 Å². The fourth-order valence-corrected chi connectivity index (χ4v) is 3.66. The summed E-state index contributed by atoms with van der Waals surface area (Å²) in [6.07, 6.45) is 1.17. The molecule has 0 radical (unpaired) electrons. The van der Waals surface area contributed by atoms with Gasteiger partial charge in [-0.2, -0.15) is 5.10 Å². The average Bonchev–Trinajstić information content (AvgIpc) is 3.15. The van der Waals surface area contributed by atoms with Gasteiger partial charge in [0.15, 0.2) is 5.75 Å². The Balaban J connectivity index is 1.69. The summed E-state index contributed by atoms with van der Waals surface area (Å²) in [4.78, 5) is 12.8. The van der Waals surface area contributed by atoms with Crippen molar-refractivity contribution < 1.29 is 9.53 Å². The number of carbonyl (C=O) groups is 1. The van der Waals surface area contributed by atoms with Crippen LogP contribution in [-0.2, 0) is 0 Å². The largest absolute Gasteiger partial charge is 0.417 e. The van der Waals surface area contributed by atoms with Crippen LogP contribution >= 0.6 is 0 Å². The number of carbonyl (C=O) groups excluding carboxylic acids is 1. The molecule has 0 aliphatic heterocycles. The topological polar surface area (TPSA) is 55.6 Å². The maximum absolute atomic E-state index is 12.8. The third-order valence-corrected chi connectivity index (χ3v) is 4.98. The second kappa shape index (κ2) is 8.16. The van der Waals surface area contributed by atoms with Crippen molar-refractivity contribution in [3.05, 3.63) is 109 Å². The number of nitrogens with one attached hydrogen (secondary N) is 1. The molecule has 2 heterocycles. The fourth-order valence-electron chi connectivity index (χ4n) is 3.66.